The summed E-state index contributed by atoms with van der Waals surface area (Å²) in [6.45, 7) is 8.65. The van der Waals surface area contributed by atoms with Crippen molar-refractivity contribution < 1.29 is 42.9 Å². The van der Waals surface area contributed by atoms with E-state index in [4.69, 9.17) is 23.7 Å². The molecule has 1 heterocycles. The van der Waals surface area contributed by atoms with Crippen molar-refractivity contribution in [2.75, 3.05) is 19.8 Å². The maximum Gasteiger partial charge on any atom is 0.293 e. The number of rotatable bonds is 12. The second-order valence-electron chi connectivity index (χ2n) is 10.4. The lowest BCUT2D eigenvalue weighted by molar-refractivity contribution is -0.273. The average Bonchev–Trinajstić information content (AvgIpc) is 3.19. The van der Waals surface area contributed by atoms with Gasteiger partial charge in [0.25, 0.3) is 25.9 Å². The van der Waals surface area contributed by atoms with Gasteiger partial charge in [0.05, 0.1) is 12.2 Å². The van der Waals surface area contributed by atoms with Crippen LogP contribution in [0.5, 0.6) is 0 Å². The van der Waals surface area contributed by atoms with Gasteiger partial charge in [0, 0.05) is 17.3 Å². The van der Waals surface area contributed by atoms with Crippen LogP contribution in [0.3, 0.4) is 0 Å². The molecule has 1 aliphatic heterocycles. The zero-order valence-electron chi connectivity index (χ0n) is 19.8. The fraction of sp³-hybridized carbons (Fsp3) is 0.833. The van der Waals surface area contributed by atoms with E-state index in [1.165, 1.54) is 0 Å². The van der Waals surface area contributed by atoms with Crippen LogP contribution in [-0.4, -0.2) is 63.0 Å². The minimum absolute atomic E-state index is 0.0777. The second-order valence-corrected chi connectivity index (χ2v) is 10.4. The topological polar surface area (TPSA) is 114 Å². The first-order valence-corrected chi connectivity index (χ1v) is 11.7. The van der Waals surface area contributed by atoms with Crippen LogP contribution >= 0.6 is 0 Å². The summed E-state index contributed by atoms with van der Waals surface area (Å²) in [4.78, 5) is 44.0. The Hall–Kier alpha value is -2.16. The molecule has 186 valence electrons. The van der Waals surface area contributed by atoms with Crippen LogP contribution in [0.15, 0.2) is 0 Å². The lowest BCUT2D eigenvalue weighted by atomic mass is 9.43. The van der Waals surface area contributed by atoms with Gasteiger partial charge < -0.3 is 23.7 Å². The molecular weight excluding hydrogens is 432 g/mol. The molecule has 9 nitrogen and oxygen atoms in total. The smallest absolute Gasteiger partial charge is 0.293 e. The van der Waals surface area contributed by atoms with Gasteiger partial charge in [-0.05, 0) is 50.4 Å². The van der Waals surface area contributed by atoms with Gasteiger partial charge in [-0.15, -0.1) is 0 Å². The van der Waals surface area contributed by atoms with Gasteiger partial charge in [-0.3, -0.25) is 19.2 Å². The van der Waals surface area contributed by atoms with E-state index >= 15 is 0 Å². The Bertz CT molecular complexity index is 729. The summed E-state index contributed by atoms with van der Waals surface area (Å²) in [7, 11) is 0. The van der Waals surface area contributed by atoms with Gasteiger partial charge in [-0.2, -0.15) is 0 Å². The molecule has 9 heteroatoms. The van der Waals surface area contributed by atoms with Crippen LogP contribution in [-0.2, 0) is 42.9 Å². The molecule has 7 atom stereocenters. The van der Waals surface area contributed by atoms with Crippen molar-refractivity contribution in [3.63, 3.8) is 0 Å². The average molecular weight is 469 g/mol. The molecule has 0 aromatic heterocycles. The predicted octanol–water partition coefficient (Wildman–Crippen LogP) is 2.58. The highest BCUT2D eigenvalue weighted by Gasteiger charge is 2.69. The lowest BCUT2D eigenvalue weighted by Gasteiger charge is -2.65. The summed E-state index contributed by atoms with van der Waals surface area (Å²) < 4.78 is 27.9. The van der Waals surface area contributed by atoms with Gasteiger partial charge in [-0.1, -0.05) is 20.8 Å². The fourth-order valence-electron chi connectivity index (χ4n) is 7.43. The first-order chi connectivity index (χ1) is 15.8. The Balaban J connectivity index is 1.98. The summed E-state index contributed by atoms with van der Waals surface area (Å²) in [6.07, 6.45) is 4.73. The number of carbonyl (C=O) groups excluding carboxylic acids is 4. The van der Waals surface area contributed by atoms with Gasteiger partial charge in [0.2, 0.25) is 0 Å². The Morgan fingerprint density at radius 1 is 0.848 bits per heavy atom. The third kappa shape index (κ3) is 4.24. The molecule has 33 heavy (non-hydrogen) atoms. The first-order valence-electron chi connectivity index (χ1n) is 11.7. The molecular formula is C24H36O9. The molecule has 2 aliphatic carbocycles. The summed E-state index contributed by atoms with van der Waals surface area (Å²) in [6, 6.07) is 0. The Labute approximate surface area is 194 Å². The van der Waals surface area contributed by atoms with Crippen LogP contribution < -0.4 is 0 Å². The van der Waals surface area contributed by atoms with Crippen molar-refractivity contribution in [2.45, 2.75) is 83.0 Å². The molecule has 0 radical (unpaired) electrons. The van der Waals surface area contributed by atoms with Gasteiger partial charge >= 0.3 is 0 Å². The Morgan fingerprint density at radius 3 is 2.21 bits per heavy atom. The zero-order valence-corrected chi connectivity index (χ0v) is 19.8. The molecule has 1 saturated heterocycles. The van der Waals surface area contributed by atoms with E-state index in [1.807, 2.05) is 6.92 Å². The highest BCUT2D eigenvalue weighted by Crippen LogP contribution is 2.68. The normalized spacial score (nSPS) is 42.1. The quantitative estimate of drug-likeness (QED) is 0.242. The zero-order chi connectivity index (χ0) is 24.2. The van der Waals surface area contributed by atoms with Crippen LogP contribution in [0.1, 0.15) is 65.7 Å². The van der Waals surface area contributed by atoms with E-state index in [1.54, 1.807) is 0 Å². The largest absolute Gasteiger partial charge is 0.468 e. The van der Waals surface area contributed by atoms with Crippen LogP contribution in [0.25, 0.3) is 0 Å². The highest BCUT2D eigenvalue weighted by atomic mass is 16.6. The van der Waals surface area contributed by atoms with Crippen molar-refractivity contribution in [3.8, 4) is 0 Å². The number of fused-ring (bicyclic) bond motifs is 2. The molecule has 0 unspecified atom stereocenters. The minimum atomic E-state index is -0.741. The summed E-state index contributed by atoms with van der Waals surface area (Å²) in [5.41, 5.74) is -2.09. The van der Waals surface area contributed by atoms with E-state index < -0.39 is 16.6 Å². The van der Waals surface area contributed by atoms with Crippen molar-refractivity contribution in [2.24, 2.45) is 22.7 Å². The molecule has 0 amide bonds. The van der Waals surface area contributed by atoms with Crippen LogP contribution in [0.4, 0.5) is 0 Å². The molecule has 3 rings (SSSR count). The fourth-order valence-corrected chi connectivity index (χ4v) is 7.43. The third-order valence-electron chi connectivity index (χ3n) is 9.07. The molecule has 0 N–H and O–H groups in total. The summed E-state index contributed by atoms with van der Waals surface area (Å²) >= 11 is 0. The molecule has 0 aromatic carbocycles. The first kappa shape index (κ1) is 25.5. The minimum Gasteiger partial charge on any atom is -0.468 e. The predicted molar refractivity (Wildman–Crippen MR) is 115 cm³/mol. The van der Waals surface area contributed by atoms with Crippen LogP contribution in [0.2, 0.25) is 0 Å². The Morgan fingerprint density at radius 2 is 1.55 bits per heavy atom. The monoisotopic (exact) mass is 468 g/mol. The number of hydrogen-bond donors (Lipinski definition) is 0. The lowest BCUT2D eigenvalue weighted by Crippen LogP contribution is -2.67. The van der Waals surface area contributed by atoms with Gasteiger partial charge in [0.15, 0.2) is 0 Å². The number of hydrogen-bond acceptors (Lipinski definition) is 9. The summed E-state index contributed by atoms with van der Waals surface area (Å²) in [5, 5.41) is 0. The maximum atomic E-state index is 11.3. The van der Waals surface area contributed by atoms with Gasteiger partial charge in [0.1, 0.15) is 24.9 Å². The molecule has 0 aromatic rings. The molecule has 3 aliphatic rings. The highest BCUT2D eigenvalue weighted by molar-refractivity contribution is 5.39. The van der Waals surface area contributed by atoms with E-state index in [9.17, 15) is 19.2 Å². The second kappa shape index (κ2) is 9.99. The Kier molecular flexibility index (Phi) is 7.71. The SMILES string of the molecule is C[C@H]1CC[C@H]2[C@@](C)(COC=O)[C@H](OC=O)CC[C@]2(C)[C@]12CC[C@@](CCOC=O)(COC=O)O2. The van der Waals surface area contributed by atoms with Crippen molar-refractivity contribution >= 4 is 25.9 Å². The molecule has 2 saturated carbocycles. The molecule has 3 fully saturated rings. The maximum absolute atomic E-state index is 11.3. The third-order valence-corrected chi connectivity index (χ3v) is 9.07. The van der Waals surface area contributed by atoms with E-state index in [-0.39, 0.29) is 43.2 Å². The molecule has 0 bridgehead atoms. The van der Waals surface area contributed by atoms with Crippen molar-refractivity contribution in [3.05, 3.63) is 0 Å². The van der Waals surface area contributed by atoms with Gasteiger partial charge in [-0.25, -0.2) is 0 Å². The van der Waals surface area contributed by atoms with Crippen molar-refractivity contribution in [1.29, 1.82) is 0 Å². The number of ether oxygens (including phenoxy) is 5. The van der Waals surface area contributed by atoms with E-state index in [2.05, 4.69) is 13.8 Å². The summed E-state index contributed by atoms with van der Waals surface area (Å²) in [5.74, 6) is 0.317. The van der Waals surface area contributed by atoms with E-state index in [0.717, 1.165) is 25.7 Å². The van der Waals surface area contributed by atoms with Crippen LogP contribution in [0, 0.1) is 22.7 Å². The number of carbonyl (C=O) groups is 4. The molecule has 1 spiro atoms. The standard InChI is InChI=1S/C24H36O9/c1-18-4-5-19-21(2,12-30-15-26)20(32-17-28)6-7-22(19,3)24(18)9-8-23(33-24,13-31-16-27)10-11-29-14-25/h14-20H,4-13H2,1-3H3/t18-,19-,20+,21+,22-,23+,24-/m0/s1. The van der Waals surface area contributed by atoms with E-state index in [0.29, 0.717) is 45.2 Å². The van der Waals surface area contributed by atoms with Crippen molar-refractivity contribution in [1.82, 2.24) is 0 Å².